The minimum absolute atomic E-state index is 0.130. The van der Waals surface area contributed by atoms with Gasteiger partial charge in [0.1, 0.15) is 5.69 Å². The second-order valence-corrected chi connectivity index (χ2v) is 4.17. The maximum Gasteiger partial charge on any atom is 0.332 e. The number of nitrogens with two attached hydrogens (primary N) is 1. The van der Waals surface area contributed by atoms with E-state index in [2.05, 4.69) is 20.7 Å². The Bertz CT molecular complexity index is 453. The minimum atomic E-state index is -0.515. The molecule has 4 N–H and O–H groups in total. The van der Waals surface area contributed by atoms with Gasteiger partial charge in [-0.15, -0.1) is 0 Å². The molecule has 0 aliphatic carbocycles. The molecule has 1 rings (SSSR count). The van der Waals surface area contributed by atoms with Gasteiger partial charge in [0.05, 0.1) is 11.5 Å². The first-order chi connectivity index (χ1) is 8.99. The van der Waals surface area contributed by atoms with Crippen molar-refractivity contribution in [3.8, 4) is 0 Å². The number of anilines is 2. The fourth-order valence-electron chi connectivity index (χ4n) is 1.59. The van der Waals surface area contributed by atoms with Crippen LogP contribution in [0, 0.1) is 23.0 Å². The average Bonchev–Trinajstić information content (AvgIpc) is 2.35. The van der Waals surface area contributed by atoms with E-state index < -0.39 is 4.92 Å². The topological polar surface area (TPSA) is 128 Å². The van der Waals surface area contributed by atoms with Crippen LogP contribution in [0.15, 0.2) is 0 Å². The third kappa shape index (κ3) is 4.00. The zero-order valence-electron chi connectivity index (χ0n) is 11.1. The minimum Gasteiger partial charge on any atom is -0.384 e. The van der Waals surface area contributed by atoms with Gasteiger partial charge in [-0.1, -0.05) is 6.92 Å². The quantitative estimate of drug-likeness (QED) is 0.374. The smallest absolute Gasteiger partial charge is 0.332 e. The van der Waals surface area contributed by atoms with Crippen molar-refractivity contribution in [3.63, 3.8) is 0 Å². The molecule has 1 heterocycles. The molecule has 1 aromatic heterocycles. The van der Waals surface area contributed by atoms with Crippen LogP contribution in [0.1, 0.15) is 12.6 Å². The summed E-state index contributed by atoms with van der Waals surface area (Å²) in [5.41, 5.74) is 2.37. The third-order valence-electron chi connectivity index (χ3n) is 2.44. The van der Waals surface area contributed by atoms with Crippen molar-refractivity contribution in [3.05, 3.63) is 15.8 Å². The molecular weight excluding hydrogens is 252 g/mol. The first-order valence-corrected chi connectivity index (χ1v) is 5.72. The van der Waals surface area contributed by atoms with Gasteiger partial charge in [-0.25, -0.2) is 10.8 Å². The van der Waals surface area contributed by atoms with Crippen LogP contribution in [0.5, 0.6) is 0 Å². The lowest BCUT2D eigenvalue weighted by Crippen LogP contribution is -2.19. The normalized spacial score (nSPS) is 12.0. The molecule has 19 heavy (non-hydrogen) atoms. The summed E-state index contributed by atoms with van der Waals surface area (Å²) in [5, 5.41) is 13.9. The highest BCUT2D eigenvalue weighted by Crippen LogP contribution is 2.26. The van der Waals surface area contributed by atoms with Crippen LogP contribution in [0.25, 0.3) is 0 Å². The van der Waals surface area contributed by atoms with Gasteiger partial charge in [0.15, 0.2) is 0 Å². The van der Waals surface area contributed by atoms with Crippen LogP contribution in [-0.2, 0) is 4.74 Å². The van der Waals surface area contributed by atoms with Gasteiger partial charge in [-0.2, -0.15) is 4.98 Å². The molecule has 1 aromatic rings. The predicted octanol–water partition coefficient (Wildman–Crippen LogP) is 0.673. The number of hydrazine groups is 1. The molecule has 0 spiro atoms. The maximum atomic E-state index is 11.0. The Morgan fingerprint density at radius 2 is 2.21 bits per heavy atom. The van der Waals surface area contributed by atoms with E-state index in [1.54, 1.807) is 7.11 Å². The van der Waals surface area contributed by atoms with E-state index in [9.17, 15) is 10.1 Å². The van der Waals surface area contributed by atoms with Gasteiger partial charge in [-0.05, 0) is 12.8 Å². The fourth-order valence-corrected chi connectivity index (χ4v) is 1.59. The highest BCUT2D eigenvalue weighted by Gasteiger charge is 2.22. The van der Waals surface area contributed by atoms with Gasteiger partial charge < -0.3 is 10.1 Å². The number of rotatable bonds is 7. The van der Waals surface area contributed by atoms with Crippen molar-refractivity contribution in [2.45, 2.75) is 13.8 Å². The number of aryl methyl sites for hydroxylation is 1. The van der Waals surface area contributed by atoms with Gasteiger partial charge in [0.25, 0.3) is 0 Å². The number of nitrogens with one attached hydrogen (secondary N) is 2. The van der Waals surface area contributed by atoms with Crippen molar-refractivity contribution in [1.82, 2.24) is 9.97 Å². The van der Waals surface area contributed by atoms with Crippen LogP contribution in [-0.4, -0.2) is 35.2 Å². The molecule has 0 radical (unpaired) electrons. The number of methoxy groups -OCH3 is 1. The third-order valence-corrected chi connectivity index (χ3v) is 2.44. The van der Waals surface area contributed by atoms with E-state index in [-0.39, 0.29) is 29.1 Å². The zero-order chi connectivity index (χ0) is 14.4. The monoisotopic (exact) mass is 270 g/mol. The summed E-state index contributed by atoms with van der Waals surface area (Å²) in [5.74, 6) is 5.69. The largest absolute Gasteiger partial charge is 0.384 e. The van der Waals surface area contributed by atoms with Gasteiger partial charge in [-0.3, -0.25) is 15.5 Å². The van der Waals surface area contributed by atoms with Crippen LogP contribution < -0.4 is 16.6 Å². The van der Waals surface area contributed by atoms with Crippen molar-refractivity contribution in [2.75, 3.05) is 31.0 Å². The SMILES string of the molecule is COCC(C)CNc1nc(NN)nc(C)c1[N+](=O)[O-]. The van der Waals surface area contributed by atoms with Crippen LogP contribution >= 0.6 is 0 Å². The van der Waals surface area contributed by atoms with E-state index in [4.69, 9.17) is 10.6 Å². The lowest BCUT2D eigenvalue weighted by Gasteiger charge is -2.13. The predicted molar refractivity (Wildman–Crippen MR) is 70.8 cm³/mol. The van der Waals surface area contributed by atoms with E-state index in [1.165, 1.54) is 6.92 Å². The van der Waals surface area contributed by atoms with E-state index >= 15 is 0 Å². The summed E-state index contributed by atoms with van der Waals surface area (Å²) in [6.45, 7) is 4.53. The van der Waals surface area contributed by atoms with Crippen molar-refractivity contribution >= 4 is 17.5 Å². The fraction of sp³-hybridized carbons (Fsp3) is 0.600. The van der Waals surface area contributed by atoms with Crippen LogP contribution in [0.4, 0.5) is 17.5 Å². The Hall–Kier alpha value is -2.00. The molecule has 0 amide bonds. The Morgan fingerprint density at radius 1 is 1.53 bits per heavy atom. The number of hydrogen-bond donors (Lipinski definition) is 3. The molecular formula is C10H18N6O3. The lowest BCUT2D eigenvalue weighted by atomic mass is 10.2. The van der Waals surface area contributed by atoms with Crippen molar-refractivity contribution in [1.29, 1.82) is 0 Å². The number of hydrogen-bond acceptors (Lipinski definition) is 8. The molecule has 0 bridgehead atoms. The Balaban J connectivity index is 2.96. The molecule has 0 aliphatic rings. The molecule has 0 aliphatic heterocycles. The Morgan fingerprint density at radius 3 is 2.74 bits per heavy atom. The highest BCUT2D eigenvalue weighted by molar-refractivity contribution is 5.60. The van der Waals surface area contributed by atoms with Gasteiger partial charge in [0, 0.05) is 13.7 Å². The van der Waals surface area contributed by atoms with Gasteiger partial charge >= 0.3 is 5.69 Å². The Labute approximate surface area is 110 Å². The summed E-state index contributed by atoms with van der Waals surface area (Å²) in [6, 6.07) is 0. The molecule has 0 saturated carbocycles. The molecule has 0 saturated heterocycles. The second kappa shape index (κ2) is 6.81. The van der Waals surface area contributed by atoms with Crippen LogP contribution in [0.2, 0.25) is 0 Å². The first kappa shape index (κ1) is 15.1. The summed E-state index contributed by atoms with van der Waals surface area (Å²) in [4.78, 5) is 18.4. The average molecular weight is 270 g/mol. The molecule has 1 atom stereocenters. The first-order valence-electron chi connectivity index (χ1n) is 5.72. The number of nitro groups is 1. The summed E-state index contributed by atoms with van der Waals surface area (Å²) >= 11 is 0. The van der Waals surface area contributed by atoms with E-state index in [0.29, 0.717) is 13.2 Å². The standard InChI is InChI=1S/C10H18N6O3/c1-6(5-19-3)4-12-9-8(16(17)18)7(2)13-10(14-9)15-11/h6H,4-5,11H2,1-3H3,(H2,12,13,14,15). The van der Waals surface area contributed by atoms with Crippen LogP contribution in [0.3, 0.4) is 0 Å². The second-order valence-electron chi connectivity index (χ2n) is 4.17. The van der Waals surface area contributed by atoms with E-state index in [1.807, 2.05) is 6.92 Å². The number of nitrogen functional groups attached to an aromatic ring is 1. The summed E-state index contributed by atoms with van der Waals surface area (Å²) in [6.07, 6.45) is 0. The molecule has 9 heteroatoms. The van der Waals surface area contributed by atoms with Crippen molar-refractivity contribution in [2.24, 2.45) is 11.8 Å². The maximum absolute atomic E-state index is 11.0. The van der Waals surface area contributed by atoms with E-state index in [0.717, 1.165) is 0 Å². The highest BCUT2D eigenvalue weighted by atomic mass is 16.6. The number of aromatic nitrogens is 2. The lowest BCUT2D eigenvalue weighted by molar-refractivity contribution is -0.385. The molecule has 1 unspecified atom stereocenters. The zero-order valence-corrected chi connectivity index (χ0v) is 11.1. The Kier molecular flexibility index (Phi) is 5.39. The molecule has 0 aromatic carbocycles. The summed E-state index contributed by atoms with van der Waals surface area (Å²) in [7, 11) is 1.60. The van der Waals surface area contributed by atoms with Crippen molar-refractivity contribution < 1.29 is 9.66 Å². The molecule has 106 valence electrons. The molecule has 9 nitrogen and oxygen atoms in total. The molecule has 0 fully saturated rings. The number of nitrogens with zero attached hydrogens (tertiary/aromatic N) is 3. The number of ether oxygens (including phenoxy) is 1. The van der Waals surface area contributed by atoms with Gasteiger partial charge in [0.2, 0.25) is 11.8 Å². The summed E-state index contributed by atoms with van der Waals surface area (Å²) < 4.78 is 5.00.